The summed E-state index contributed by atoms with van der Waals surface area (Å²) in [6, 6.07) is 6.45. The van der Waals surface area contributed by atoms with Gasteiger partial charge in [-0.1, -0.05) is 19.1 Å². The maximum Gasteiger partial charge on any atom is 0.241 e. The summed E-state index contributed by atoms with van der Waals surface area (Å²) in [6.45, 7) is 1.88. The lowest BCUT2D eigenvalue weighted by Crippen LogP contribution is -2.35. The lowest BCUT2D eigenvalue weighted by Gasteiger charge is -2.14. The van der Waals surface area contributed by atoms with E-state index in [1.165, 1.54) is 0 Å². The molecule has 1 unspecified atom stereocenters. The van der Waals surface area contributed by atoms with E-state index in [9.17, 15) is 8.42 Å². The lowest BCUT2D eigenvalue weighted by molar-refractivity contribution is 0.557. The molecule has 1 atom stereocenters. The van der Waals surface area contributed by atoms with Crippen LogP contribution in [0.2, 0.25) is 0 Å². The average Bonchev–Trinajstić information content (AvgIpc) is 2.26. The van der Waals surface area contributed by atoms with Crippen LogP contribution in [0, 0.1) is 0 Å². The first-order valence-corrected chi connectivity index (χ1v) is 7.65. The quantitative estimate of drug-likeness (QED) is 0.846. The van der Waals surface area contributed by atoms with Crippen molar-refractivity contribution in [1.29, 1.82) is 0 Å². The second kappa shape index (κ2) is 6.00. The van der Waals surface area contributed by atoms with E-state index in [2.05, 4.69) is 20.7 Å². The second-order valence-corrected chi connectivity index (χ2v) is 6.16. The van der Waals surface area contributed by atoms with Crippen LogP contribution in [-0.4, -0.2) is 20.3 Å². The highest BCUT2D eigenvalue weighted by atomic mass is 79.9. The van der Waals surface area contributed by atoms with Crippen LogP contribution >= 0.6 is 27.5 Å². The van der Waals surface area contributed by atoms with E-state index in [-0.39, 0.29) is 16.8 Å². The molecular formula is C10H13BrClNO2S. The minimum atomic E-state index is -3.50. The van der Waals surface area contributed by atoms with Gasteiger partial charge in [-0.2, -0.15) is 0 Å². The molecule has 1 aromatic rings. The Morgan fingerprint density at radius 1 is 1.44 bits per heavy atom. The standard InChI is InChI=1S/C10H13BrClNO2S/c1-2-8(7-12)13-16(14,15)10-6-4-3-5-9(10)11/h3-6,8,13H,2,7H2,1H3. The van der Waals surface area contributed by atoms with Gasteiger partial charge in [-0.3, -0.25) is 0 Å². The molecule has 3 nitrogen and oxygen atoms in total. The number of hydrogen-bond acceptors (Lipinski definition) is 2. The zero-order valence-electron chi connectivity index (χ0n) is 8.78. The van der Waals surface area contributed by atoms with Gasteiger partial charge < -0.3 is 0 Å². The van der Waals surface area contributed by atoms with E-state index in [4.69, 9.17) is 11.6 Å². The van der Waals surface area contributed by atoms with Crippen LogP contribution in [0.4, 0.5) is 0 Å². The van der Waals surface area contributed by atoms with Crippen molar-refractivity contribution in [3.63, 3.8) is 0 Å². The van der Waals surface area contributed by atoms with Crippen LogP contribution in [0.15, 0.2) is 33.6 Å². The fourth-order valence-electron chi connectivity index (χ4n) is 1.17. The Hall–Kier alpha value is -0.100. The van der Waals surface area contributed by atoms with Crippen molar-refractivity contribution in [3.8, 4) is 0 Å². The number of hydrogen-bond donors (Lipinski definition) is 1. The number of benzene rings is 1. The van der Waals surface area contributed by atoms with Crippen molar-refractivity contribution in [2.45, 2.75) is 24.3 Å². The van der Waals surface area contributed by atoms with E-state index in [0.29, 0.717) is 10.9 Å². The summed E-state index contributed by atoms with van der Waals surface area (Å²) < 4.78 is 27.1. The van der Waals surface area contributed by atoms with Gasteiger partial charge in [0.05, 0.1) is 4.90 Å². The van der Waals surface area contributed by atoms with Crippen molar-refractivity contribution >= 4 is 37.6 Å². The van der Waals surface area contributed by atoms with Crippen molar-refractivity contribution in [1.82, 2.24) is 4.72 Å². The molecule has 0 spiro atoms. The number of nitrogens with one attached hydrogen (secondary N) is 1. The van der Waals surface area contributed by atoms with Gasteiger partial charge in [0.2, 0.25) is 10.0 Å². The van der Waals surface area contributed by atoms with Crippen LogP contribution in [-0.2, 0) is 10.0 Å². The predicted octanol–water partition coefficient (Wildman–Crippen LogP) is 2.74. The fourth-order valence-corrected chi connectivity index (χ4v) is 3.88. The molecule has 90 valence electrons. The Kier molecular flexibility index (Phi) is 5.24. The van der Waals surface area contributed by atoms with Gasteiger partial charge >= 0.3 is 0 Å². The summed E-state index contributed by atoms with van der Waals surface area (Å²) in [5.74, 6) is 0.264. The highest BCUT2D eigenvalue weighted by Crippen LogP contribution is 2.21. The molecule has 0 heterocycles. The van der Waals surface area contributed by atoms with Gasteiger partial charge in [0.15, 0.2) is 0 Å². The van der Waals surface area contributed by atoms with Crippen molar-refractivity contribution in [2.75, 3.05) is 5.88 Å². The molecule has 6 heteroatoms. The topological polar surface area (TPSA) is 46.2 Å². The van der Waals surface area contributed by atoms with Gasteiger partial charge in [-0.15, -0.1) is 11.6 Å². The fraction of sp³-hybridized carbons (Fsp3) is 0.400. The minimum Gasteiger partial charge on any atom is -0.207 e. The van der Waals surface area contributed by atoms with E-state index >= 15 is 0 Å². The number of rotatable bonds is 5. The smallest absolute Gasteiger partial charge is 0.207 e. The van der Waals surface area contributed by atoms with Crippen molar-refractivity contribution < 1.29 is 8.42 Å². The van der Waals surface area contributed by atoms with Crippen LogP contribution in [0.25, 0.3) is 0 Å². The van der Waals surface area contributed by atoms with Crippen LogP contribution in [0.1, 0.15) is 13.3 Å². The zero-order valence-corrected chi connectivity index (χ0v) is 11.9. The number of alkyl halides is 1. The zero-order chi connectivity index (χ0) is 12.2. The molecule has 1 rings (SSSR count). The molecule has 0 aliphatic heterocycles. The first-order chi connectivity index (χ1) is 7.51. The monoisotopic (exact) mass is 325 g/mol. The molecular weight excluding hydrogens is 314 g/mol. The minimum absolute atomic E-state index is 0.235. The molecule has 0 aliphatic carbocycles. The molecule has 0 aromatic heterocycles. The molecule has 0 saturated carbocycles. The van der Waals surface area contributed by atoms with Gasteiger partial charge in [-0.05, 0) is 34.5 Å². The van der Waals surface area contributed by atoms with Gasteiger partial charge in [-0.25, -0.2) is 13.1 Å². The summed E-state index contributed by atoms with van der Waals surface area (Å²) in [4.78, 5) is 0.235. The first kappa shape index (κ1) is 14.0. The van der Waals surface area contributed by atoms with E-state index in [0.717, 1.165) is 0 Å². The van der Waals surface area contributed by atoms with E-state index < -0.39 is 10.0 Å². The number of sulfonamides is 1. The Balaban J connectivity index is 2.99. The van der Waals surface area contributed by atoms with E-state index in [1.54, 1.807) is 24.3 Å². The number of halogens is 2. The third-order valence-electron chi connectivity index (χ3n) is 2.13. The van der Waals surface area contributed by atoms with Crippen LogP contribution < -0.4 is 4.72 Å². The highest BCUT2D eigenvalue weighted by molar-refractivity contribution is 9.10. The Bertz CT molecular complexity index is 446. The molecule has 0 saturated heterocycles. The second-order valence-electron chi connectivity index (χ2n) is 3.31. The summed E-state index contributed by atoms with van der Waals surface area (Å²) in [5, 5.41) is 0. The third-order valence-corrected chi connectivity index (χ3v) is 5.03. The maximum absolute atomic E-state index is 12.0. The molecule has 0 amide bonds. The molecule has 0 fully saturated rings. The lowest BCUT2D eigenvalue weighted by atomic mass is 10.3. The highest BCUT2D eigenvalue weighted by Gasteiger charge is 2.20. The predicted molar refractivity (Wildman–Crippen MR) is 69.3 cm³/mol. The van der Waals surface area contributed by atoms with Crippen molar-refractivity contribution in [2.24, 2.45) is 0 Å². The third kappa shape index (κ3) is 3.45. The van der Waals surface area contributed by atoms with E-state index in [1.807, 2.05) is 6.92 Å². The molecule has 16 heavy (non-hydrogen) atoms. The summed E-state index contributed by atoms with van der Waals surface area (Å²) in [7, 11) is -3.50. The molecule has 0 aliphatic rings. The SMILES string of the molecule is CCC(CCl)NS(=O)(=O)c1ccccc1Br. The summed E-state index contributed by atoms with van der Waals surface area (Å²) in [5.41, 5.74) is 0. The largest absolute Gasteiger partial charge is 0.241 e. The van der Waals surface area contributed by atoms with Crippen molar-refractivity contribution in [3.05, 3.63) is 28.7 Å². The molecule has 0 radical (unpaired) electrons. The Morgan fingerprint density at radius 2 is 2.06 bits per heavy atom. The van der Waals surface area contributed by atoms with Crippen LogP contribution in [0.3, 0.4) is 0 Å². The normalized spacial score (nSPS) is 13.7. The van der Waals surface area contributed by atoms with Crippen LogP contribution in [0.5, 0.6) is 0 Å². The summed E-state index contributed by atoms with van der Waals surface area (Å²) in [6.07, 6.45) is 0.660. The Morgan fingerprint density at radius 3 is 2.56 bits per heavy atom. The molecule has 1 aromatic carbocycles. The summed E-state index contributed by atoms with van der Waals surface area (Å²) >= 11 is 8.88. The van der Waals surface area contributed by atoms with Gasteiger partial charge in [0, 0.05) is 16.4 Å². The first-order valence-electron chi connectivity index (χ1n) is 4.84. The molecule has 1 N–H and O–H groups in total. The van der Waals surface area contributed by atoms with Gasteiger partial charge in [0.1, 0.15) is 0 Å². The Labute approximate surface area is 109 Å². The molecule has 0 bridgehead atoms. The maximum atomic E-state index is 12.0. The average molecular weight is 327 g/mol. The van der Waals surface area contributed by atoms with Gasteiger partial charge in [0.25, 0.3) is 0 Å².